The van der Waals surface area contributed by atoms with Gasteiger partial charge in [-0.15, -0.1) is 0 Å². The second-order valence-corrected chi connectivity index (χ2v) is 12.5. The lowest BCUT2D eigenvalue weighted by atomic mass is 10.0. The normalized spacial score (nSPS) is 14.5. The number of phosphoric acid groups is 1. The molecule has 9 heteroatoms. The van der Waals surface area contributed by atoms with Crippen molar-refractivity contribution in [2.24, 2.45) is 0 Å². The van der Waals surface area contributed by atoms with Crippen molar-refractivity contribution in [2.75, 3.05) is 26.9 Å². The minimum Gasteiger partial charge on any atom is -0.378 e. The van der Waals surface area contributed by atoms with E-state index in [2.05, 4.69) is 11.4 Å². The Hall–Kier alpha value is -1.33. The first kappa shape index (κ1) is 36.7. The van der Waals surface area contributed by atoms with Crippen molar-refractivity contribution >= 4 is 7.82 Å². The molecule has 1 aromatic rings. The number of benzene rings is 1. The highest BCUT2D eigenvalue weighted by Gasteiger charge is 2.31. The molecule has 2 atom stereocenters. The lowest BCUT2D eigenvalue weighted by Gasteiger charge is -2.30. The standard InChI is InChI=1S/C31H53FNO6P/c1-4-5-6-7-8-9-10-11-12-13-14-15-16-17-18-19-20-37-26-31(2,27-39-40(34,35)36-3)38-25-29-21-28(24-33)22-30(32)23-29/h21-23H,4-20,25-27H2,1-3H3,(H,34,35)/t31-/m1/s1. The SMILES string of the molecule is CCCCCCCCCCCCCCCCCCOC[C@](C)(COP(=O)(O)OC)OCc1cc(F)cc(C#N)c1. The lowest BCUT2D eigenvalue weighted by molar-refractivity contribution is -0.118. The van der Waals surface area contributed by atoms with Gasteiger partial charge in [0, 0.05) is 13.7 Å². The fraction of sp³-hybridized carbons (Fsp3) is 0.774. The number of unbranched alkanes of at least 4 members (excludes halogenated alkanes) is 15. The van der Waals surface area contributed by atoms with Crippen LogP contribution in [0.3, 0.4) is 0 Å². The van der Waals surface area contributed by atoms with Gasteiger partial charge in [-0.1, -0.05) is 103 Å². The molecule has 0 spiro atoms. The van der Waals surface area contributed by atoms with Crippen molar-refractivity contribution in [2.45, 2.75) is 129 Å². The van der Waals surface area contributed by atoms with E-state index in [-0.39, 0.29) is 25.4 Å². The smallest absolute Gasteiger partial charge is 0.378 e. The van der Waals surface area contributed by atoms with Gasteiger partial charge < -0.3 is 14.4 Å². The summed E-state index contributed by atoms with van der Waals surface area (Å²) in [5.41, 5.74) is -0.416. The van der Waals surface area contributed by atoms with Gasteiger partial charge >= 0.3 is 7.82 Å². The molecule has 1 rings (SSSR count). The maximum absolute atomic E-state index is 13.8. The summed E-state index contributed by atoms with van der Waals surface area (Å²) < 4.78 is 46.9. The summed E-state index contributed by atoms with van der Waals surface area (Å²) in [6.45, 7) is 4.35. The van der Waals surface area contributed by atoms with Crippen LogP contribution in [0.25, 0.3) is 0 Å². The molecule has 230 valence electrons. The Labute approximate surface area is 242 Å². The van der Waals surface area contributed by atoms with Gasteiger partial charge in [-0.25, -0.2) is 8.96 Å². The van der Waals surface area contributed by atoms with Crippen LogP contribution >= 0.6 is 7.82 Å². The third-order valence-corrected chi connectivity index (χ3v) is 7.90. The Morgan fingerprint density at radius 3 is 1.90 bits per heavy atom. The fourth-order valence-corrected chi connectivity index (χ4v) is 5.03. The van der Waals surface area contributed by atoms with Gasteiger partial charge in [0.1, 0.15) is 11.4 Å². The summed E-state index contributed by atoms with van der Waals surface area (Å²) in [5, 5.41) is 9.07. The minimum absolute atomic E-state index is 0.0164. The molecule has 0 heterocycles. The van der Waals surface area contributed by atoms with Gasteiger partial charge in [0.2, 0.25) is 0 Å². The average Bonchev–Trinajstić information content (AvgIpc) is 2.94. The number of phosphoric ester groups is 1. The summed E-state index contributed by atoms with van der Waals surface area (Å²) in [6.07, 6.45) is 20.8. The van der Waals surface area contributed by atoms with Crippen molar-refractivity contribution in [3.63, 3.8) is 0 Å². The minimum atomic E-state index is -4.20. The third-order valence-electron chi connectivity index (χ3n) is 6.99. The van der Waals surface area contributed by atoms with Gasteiger partial charge in [0.15, 0.2) is 0 Å². The zero-order valence-electron chi connectivity index (χ0n) is 25.1. The highest BCUT2D eigenvalue weighted by Crippen LogP contribution is 2.43. The van der Waals surface area contributed by atoms with E-state index in [0.29, 0.717) is 12.2 Å². The molecule has 0 aliphatic rings. The first-order chi connectivity index (χ1) is 19.2. The summed E-state index contributed by atoms with van der Waals surface area (Å²) in [6, 6.07) is 5.88. The van der Waals surface area contributed by atoms with E-state index >= 15 is 0 Å². The fourth-order valence-electron chi connectivity index (χ4n) is 4.49. The van der Waals surface area contributed by atoms with E-state index in [4.69, 9.17) is 19.3 Å². The number of hydrogen-bond donors (Lipinski definition) is 1. The molecule has 40 heavy (non-hydrogen) atoms. The molecule has 1 aromatic carbocycles. The zero-order chi connectivity index (χ0) is 29.5. The number of halogens is 1. The van der Waals surface area contributed by atoms with Crippen molar-refractivity contribution < 1.29 is 32.4 Å². The zero-order valence-corrected chi connectivity index (χ0v) is 26.0. The third kappa shape index (κ3) is 18.9. The maximum Gasteiger partial charge on any atom is 0.472 e. The number of hydrogen-bond acceptors (Lipinski definition) is 6. The van der Waals surface area contributed by atoms with Crippen LogP contribution in [0.15, 0.2) is 18.2 Å². The van der Waals surface area contributed by atoms with Crippen molar-refractivity contribution in [3.8, 4) is 6.07 Å². The molecule has 0 aromatic heterocycles. The van der Waals surface area contributed by atoms with Crippen molar-refractivity contribution in [1.29, 1.82) is 5.26 Å². The molecule has 1 N–H and O–H groups in total. The van der Waals surface area contributed by atoms with E-state index in [1.807, 2.05) is 6.07 Å². The Morgan fingerprint density at radius 1 is 0.875 bits per heavy atom. The van der Waals surface area contributed by atoms with Crippen LogP contribution in [0.1, 0.15) is 128 Å². The van der Waals surface area contributed by atoms with Gasteiger partial charge in [0.05, 0.1) is 31.5 Å². The van der Waals surface area contributed by atoms with Crippen LogP contribution in [0, 0.1) is 17.1 Å². The Balaban J connectivity index is 2.22. The Kier molecular flexibility index (Phi) is 20.4. The van der Waals surface area contributed by atoms with Crippen molar-refractivity contribution in [3.05, 3.63) is 35.1 Å². The Bertz CT molecular complexity index is 880. The van der Waals surface area contributed by atoms with E-state index in [9.17, 15) is 13.8 Å². The molecule has 0 saturated carbocycles. The summed E-state index contributed by atoms with van der Waals surface area (Å²) >= 11 is 0. The van der Waals surface area contributed by atoms with Gasteiger partial charge in [-0.3, -0.25) is 9.05 Å². The molecular formula is C31H53FNO6P. The second-order valence-electron chi connectivity index (χ2n) is 11.0. The predicted molar refractivity (Wildman–Crippen MR) is 157 cm³/mol. The molecule has 0 fully saturated rings. The van der Waals surface area contributed by atoms with Crippen LogP contribution in [0.2, 0.25) is 0 Å². The molecule has 7 nitrogen and oxygen atoms in total. The molecule has 0 amide bonds. The van der Waals surface area contributed by atoms with Gasteiger partial charge in [-0.05, 0) is 37.1 Å². The molecule has 0 bridgehead atoms. The average molecular weight is 586 g/mol. The highest BCUT2D eigenvalue weighted by molar-refractivity contribution is 7.47. The lowest BCUT2D eigenvalue weighted by Crippen LogP contribution is -2.39. The first-order valence-electron chi connectivity index (χ1n) is 15.2. The van der Waals surface area contributed by atoms with Crippen molar-refractivity contribution in [1.82, 2.24) is 0 Å². The van der Waals surface area contributed by atoms with E-state index in [1.165, 1.54) is 102 Å². The molecule has 0 aliphatic carbocycles. The molecule has 0 aliphatic heterocycles. The second kappa shape index (κ2) is 22.3. The van der Waals surface area contributed by atoms with Crippen LogP contribution < -0.4 is 0 Å². The number of nitriles is 1. The van der Waals surface area contributed by atoms with Crippen LogP contribution in [-0.4, -0.2) is 37.4 Å². The number of ether oxygens (including phenoxy) is 2. The molecule has 1 unspecified atom stereocenters. The van der Waals surface area contributed by atoms with E-state index < -0.39 is 19.2 Å². The maximum atomic E-state index is 13.8. The Morgan fingerprint density at radius 2 is 1.40 bits per heavy atom. The highest BCUT2D eigenvalue weighted by atomic mass is 31.2. The van der Waals surface area contributed by atoms with Crippen LogP contribution in [0.4, 0.5) is 4.39 Å². The van der Waals surface area contributed by atoms with Gasteiger partial charge in [0.25, 0.3) is 0 Å². The van der Waals surface area contributed by atoms with Crippen LogP contribution in [0.5, 0.6) is 0 Å². The molecular weight excluding hydrogens is 532 g/mol. The topological polar surface area (TPSA) is 98.0 Å². The monoisotopic (exact) mass is 585 g/mol. The molecule has 0 radical (unpaired) electrons. The van der Waals surface area contributed by atoms with E-state index in [0.717, 1.165) is 26.0 Å². The van der Waals surface area contributed by atoms with E-state index in [1.54, 1.807) is 6.92 Å². The van der Waals surface area contributed by atoms with Gasteiger partial charge in [-0.2, -0.15) is 5.26 Å². The quantitative estimate of drug-likeness (QED) is 0.0855. The summed E-state index contributed by atoms with van der Waals surface area (Å²) in [7, 11) is -3.12. The summed E-state index contributed by atoms with van der Waals surface area (Å²) in [4.78, 5) is 9.63. The summed E-state index contributed by atoms with van der Waals surface area (Å²) in [5.74, 6) is -0.533. The largest absolute Gasteiger partial charge is 0.472 e. The van der Waals surface area contributed by atoms with Crippen LogP contribution in [-0.2, 0) is 29.7 Å². The molecule has 0 saturated heterocycles. The predicted octanol–water partition coefficient (Wildman–Crippen LogP) is 9.01. The number of nitrogens with zero attached hydrogens (tertiary/aromatic N) is 1. The first-order valence-corrected chi connectivity index (χ1v) is 16.7. The number of rotatable bonds is 26.